The lowest BCUT2D eigenvalue weighted by Crippen LogP contribution is -2.47. The van der Waals surface area contributed by atoms with Gasteiger partial charge in [0, 0.05) is 91.1 Å². The third-order valence-electron chi connectivity index (χ3n) is 18.4. The van der Waals surface area contributed by atoms with Gasteiger partial charge >= 0.3 is 5.97 Å². The normalized spacial score (nSPS) is 19.4. The Labute approximate surface area is 644 Å². The zero-order valence-electron chi connectivity index (χ0n) is 73.6. The molecule has 0 bridgehead atoms. The molecule has 3 aromatic rings. The van der Waals surface area contributed by atoms with Crippen molar-refractivity contribution in [3.63, 3.8) is 0 Å². The van der Waals surface area contributed by atoms with Crippen LogP contribution in [0.25, 0.3) is 0 Å². The first-order valence-corrected chi connectivity index (χ1v) is 41.0. The van der Waals surface area contributed by atoms with Gasteiger partial charge in [-0.15, -0.1) is 0 Å². The number of likely N-dealkylation sites (tertiary alicyclic amines) is 4. The molecule has 0 spiro atoms. The largest absolute Gasteiger partial charge is 0.497 e. The first kappa shape index (κ1) is 96.4. The highest BCUT2D eigenvalue weighted by atomic mass is 16.6. The summed E-state index contributed by atoms with van der Waals surface area (Å²) in [6.07, 6.45) is 15.5. The molecule has 2 atom stereocenters. The average Bonchev–Trinajstić information content (AvgIpc) is 0.955. The average molecular weight is 1450 g/mol. The highest BCUT2D eigenvalue weighted by molar-refractivity contribution is 5.92. The molecule has 0 N–H and O–H groups in total. The Balaban J connectivity index is 0.000000409. The molecule has 9 rings (SSSR count). The summed E-state index contributed by atoms with van der Waals surface area (Å²) in [4.78, 5) is 31.9. The molecule has 0 aliphatic carbocycles. The maximum absolute atomic E-state index is 11.7. The third-order valence-corrected chi connectivity index (χ3v) is 18.4. The number of piperazine rings is 1. The van der Waals surface area contributed by atoms with Gasteiger partial charge in [0.15, 0.2) is 0 Å². The number of esters is 1. The number of likely N-dealkylation sites (N-methyl/N-ethyl adjacent to an activating group) is 1. The number of piperidine rings is 2. The van der Waals surface area contributed by atoms with Crippen LogP contribution in [0.5, 0.6) is 11.5 Å². The fraction of sp³-hybridized carbons (Fsp3) is 0.791. The molecule has 0 radical (unpaired) electrons. The van der Waals surface area contributed by atoms with E-state index in [2.05, 4.69) is 260 Å². The minimum atomic E-state index is -0.488. The third kappa shape index (κ3) is 48.7. The van der Waals surface area contributed by atoms with Crippen molar-refractivity contribution in [3.8, 4) is 11.5 Å². The number of hydrogen-bond donors (Lipinski definition) is 0. The molecule has 6 saturated heterocycles. The zero-order valence-corrected chi connectivity index (χ0v) is 73.6. The fourth-order valence-corrected chi connectivity index (χ4v) is 14.9. The molecule has 3 aromatic carbocycles. The van der Waals surface area contributed by atoms with E-state index in [1.165, 1.54) is 200 Å². The van der Waals surface area contributed by atoms with Gasteiger partial charge < -0.3 is 53.2 Å². The quantitative estimate of drug-likeness (QED) is 0.162. The van der Waals surface area contributed by atoms with E-state index in [4.69, 9.17) is 18.9 Å². The van der Waals surface area contributed by atoms with Crippen LogP contribution < -0.4 is 9.47 Å². The summed E-state index contributed by atoms with van der Waals surface area (Å²) in [6, 6.07) is 26.9. The van der Waals surface area contributed by atoms with Gasteiger partial charge in [0.25, 0.3) is 0 Å². The van der Waals surface area contributed by atoms with Crippen LogP contribution in [0.15, 0.2) is 78.9 Å². The molecule has 104 heavy (non-hydrogen) atoms. The van der Waals surface area contributed by atoms with Crippen LogP contribution in [0.3, 0.4) is 0 Å². The van der Waals surface area contributed by atoms with Crippen molar-refractivity contribution in [1.82, 2.24) is 39.2 Å². The van der Waals surface area contributed by atoms with E-state index in [0.29, 0.717) is 49.8 Å². The van der Waals surface area contributed by atoms with Crippen molar-refractivity contribution in [1.29, 1.82) is 0 Å². The van der Waals surface area contributed by atoms with Crippen molar-refractivity contribution >= 4 is 5.97 Å². The second-order valence-corrected chi connectivity index (χ2v) is 40.6. The van der Waals surface area contributed by atoms with Crippen molar-refractivity contribution in [2.45, 2.75) is 254 Å². The van der Waals surface area contributed by atoms with Gasteiger partial charge in [-0.1, -0.05) is 219 Å². The van der Waals surface area contributed by atoms with Gasteiger partial charge in [-0.05, 0) is 218 Å². The van der Waals surface area contributed by atoms with Gasteiger partial charge in [0.1, 0.15) is 22.7 Å². The first-order chi connectivity index (χ1) is 48.1. The van der Waals surface area contributed by atoms with Gasteiger partial charge in [-0.3, -0.25) is 4.90 Å². The molecule has 13 heteroatoms. The van der Waals surface area contributed by atoms with Crippen molar-refractivity contribution in [2.75, 3.05) is 179 Å². The Morgan fingerprint density at radius 3 is 1.20 bits per heavy atom. The van der Waals surface area contributed by atoms with Gasteiger partial charge in [-0.25, -0.2) is 4.79 Å². The van der Waals surface area contributed by atoms with Crippen LogP contribution in [0.1, 0.15) is 270 Å². The van der Waals surface area contributed by atoms with E-state index in [-0.39, 0.29) is 11.4 Å². The van der Waals surface area contributed by atoms with Gasteiger partial charge in [-0.2, -0.15) is 0 Å². The molecule has 13 nitrogen and oxygen atoms in total. The summed E-state index contributed by atoms with van der Waals surface area (Å²) >= 11 is 0. The Morgan fingerprint density at radius 2 is 0.827 bits per heavy atom. The van der Waals surface area contributed by atoms with E-state index in [9.17, 15) is 4.79 Å². The monoisotopic (exact) mass is 1450 g/mol. The molecule has 602 valence electrons. The lowest BCUT2D eigenvalue weighted by molar-refractivity contribution is -0.0113. The van der Waals surface area contributed by atoms with E-state index >= 15 is 0 Å². The molecule has 6 aliphatic heterocycles. The molecule has 0 aromatic heterocycles. The number of ether oxygens (including phenoxy) is 4. The summed E-state index contributed by atoms with van der Waals surface area (Å²) < 4.78 is 21.0. The van der Waals surface area contributed by atoms with Gasteiger partial charge in [0.05, 0.1) is 27.4 Å². The second-order valence-electron chi connectivity index (χ2n) is 40.6. The molecule has 0 saturated carbocycles. The van der Waals surface area contributed by atoms with Crippen molar-refractivity contribution in [2.24, 2.45) is 37.9 Å². The highest BCUT2D eigenvalue weighted by Gasteiger charge is 2.33. The fourth-order valence-electron chi connectivity index (χ4n) is 14.9. The molecule has 2 unspecified atom stereocenters. The molecular weight excluding hydrogens is 1290 g/mol. The molecule has 6 heterocycles. The number of nitrogens with zero attached hydrogens (tertiary/aromatic N) is 8. The van der Waals surface area contributed by atoms with E-state index in [0.717, 1.165) is 44.5 Å². The Morgan fingerprint density at radius 1 is 0.442 bits per heavy atom. The summed E-state index contributed by atoms with van der Waals surface area (Å²) in [6.45, 7) is 80.5. The minimum Gasteiger partial charge on any atom is -0.497 e. The van der Waals surface area contributed by atoms with E-state index < -0.39 is 5.60 Å². The predicted octanol–water partition coefficient (Wildman–Crippen LogP) is 20.1. The maximum atomic E-state index is 11.7. The number of hydrogen-bond acceptors (Lipinski definition) is 13. The van der Waals surface area contributed by atoms with Crippen LogP contribution in [-0.2, 0) is 9.47 Å². The molecule has 6 aliphatic rings. The Hall–Kier alpha value is -3.63. The first-order valence-electron chi connectivity index (χ1n) is 41.0. The highest BCUT2D eigenvalue weighted by Crippen LogP contribution is 2.39. The predicted molar refractivity (Wildman–Crippen MR) is 451 cm³/mol. The summed E-state index contributed by atoms with van der Waals surface area (Å²) in [5.74, 6) is 1.83. The standard InChI is InChI=1S/C16H25NO2.C16H25N.C12H16O3.C11H23N.C10H22N2.C10H21N.C9H19N.C7H17N/c1-16(2,3)15(17-9-11-19-12-10-17)13-5-7-14(18-4)8-6-13;1-16(2,3)13-17-11-7-10-15(12-17)14-8-5-4-6-9-14;1-12(2,3)15-11(13)9-7-5-6-8-10(9)14-4;1-11(2,3)10-12-8-6-4-5-7-9-12;1-10(2,3)9-12-7-5-11(4)6-8-12;1-10(2,3)9-11-7-5-4-6-8-11;1-9(2,3)8-10-6-4-5-7-10;1-7(2,3)6-8(4)5/h5-8,15H,9-12H2,1-4H3;4-6,8-9,15H,7,10-13H2,1-3H3;5-8H,1-4H3;4-10H2,1-3H3;5-9H2,1-4H3;4-9H2,1-3H3;4-8H2,1-3H3;6H2,1-5H3. The van der Waals surface area contributed by atoms with E-state index in [1.807, 2.05) is 26.8 Å². The summed E-state index contributed by atoms with van der Waals surface area (Å²) in [5.41, 5.74) is 5.81. The minimum absolute atomic E-state index is 0.200. The number of methoxy groups -OCH3 is 2. The summed E-state index contributed by atoms with van der Waals surface area (Å²) in [7, 11) is 9.65. The van der Waals surface area contributed by atoms with Crippen LogP contribution in [-0.4, -0.2) is 230 Å². The number of morpholine rings is 1. The lowest BCUT2D eigenvalue weighted by atomic mass is 9.81. The lowest BCUT2D eigenvalue weighted by Gasteiger charge is -2.42. The number of rotatable bonds is 12. The Kier molecular flexibility index (Phi) is 44.0. The topological polar surface area (TPSA) is 79.9 Å². The van der Waals surface area contributed by atoms with Crippen LogP contribution in [0.2, 0.25) is 0 Å². The van der Waals surface area contributed by atoms with Crippen molar-refractivity contribution in [3.05, 3.63) is 95.6 Å². The second kappa shape index (κ2) is 47.4. The molecule has 0 amide bonds. The number of carbonyl (C=O) groups excluding carboxylic acids is 1. The number of benzene rings is 3. The Bertz CT molecular complexity index is 2630. The molecular formula is C91H168N8O5. The maximum Gasteiger partial charge on any atom is 0.342 e. The van der Waals surface area contributed by atoms with Gasteiger partial charge in [0.2, 0.25) is 0 Å². The van der Waals surface area contributed by atoms with E-state index in [1.54, 1.807) is 25.3 Å². The van der Waals surface area contributed by atoms with Crippen LogP contribution >= 0.6 is 0 Å². The van der Waals surface area contributed by atoms with Crippen LogP contribution in [0.4, 0.5) is 0 Å². The summed E-state index contributed by atoms with van der Waals surface area (Å²) in [5, 5.41) is 0. The SMILES string of the molecule is CC(C)(C)CN1CCCC(c2ccccc2)C1.CC(C)(C)CN1CCCC1.CC(C)(C)CN1CCCCC1.CC(C)(C)CN1CCCCCC1.CN(C)CC(C)(C)C.CN1CCN(CC(C)(C)C)CC1.COc1ccc(C(N2CCOCC2)C(C)(C)C)cc1.COc1ccccc1C(=O)OC(C)(C)C. The van der Waals surface area contributed by atoms with Crippen molar-refractivity contribution < 1.29 is 23.7 Å². The molecule has 6 fully saturated rings. The number of para-hydroxylation sites is 1. The number of carbonyl (C=O) groups is 1. The zero-order chi connectivity index (χ0) is 78.6. The smallest absolute Gasteiger partial charge is 0.342 e. The van der Waals surface area contributed by atoms with Crippen LogP contribution in [0, 0.1) is 37.9 Å².